The first-order valence-electron chi connectivity index (χ1n) is 7.02. The number of nitrogens with one attached hydrogen (secondary N) is 1. The van der Waals surface area contributed by atoms with Gasteiger partial charge in [-0.15, -0.1) is 11.3 Å². The van der Waals surface area contributed by atoms with Gasteiger partial charge in [-0.1, -0.05) is 12.1 Å². The molecule has 0 aliphatic heterocycles. The minimum atomic E-state index is -0.408. The molecule has 1 aromatic carbocycles. The number of aromatic nitrogens is 2. The third-order valence-corrected chi connectivity index (χ3v) is 4.25. The van der Waals surface area contributed by atoms with Crippen LogP contribution in [0.25, 0.3) is 21.3 Å². The van der Waals surface area contributed by atoms with Gasteiger partial charge < -0.3 is 10.4 Å². The molecule has 0 amide bonds. The molecule has 0 aliphatic rings. The zero-order valence-corrected chi connectivity index (χ0v) is 12.9. The average molecular weight is 330 g/mol. The highest BCUT2D eigenvalue weighted by atomic mass is 32.1. The predicted octanol–water partition coefficient (Wildman–Crippen LogP) is 3.06. The van der Waals surface area contributed by atoms with Gasteiger partial charge in [-0.2, -0.15) is 0 Å². The highest BCUT2D eigenvalue weighted by molar-refractivity contribution is 7.17. The molecule has 0 spiro atoms. The Bertz CT molecular complexity index is 850. The van der Waals surface area contributed by atoms with E-state index in [1.54, 1.807) is 12.1 Å². The summed E-state index contributed by atoms with van der Waals surface area (Å²) in [4.78, 5) is 19.9. The Balaban J connectivity index is 2.07. The fourth-order valence-corrected chi connectivity index (χ4v) is 3.21. The fourth-order valence-electron chi connectivity index (χ4n) is 2.29. The molecule has 0 unspecified atom stereocenters. The van der Waals surface area contributed by atoms with Gasteiger partial charge in [-0.25, -0.2) is 9.97 Å². The summed E-state index contributed by atoms with van der Waals surface area (Å²) < 4.78 is 0. The predicted molar refractivity (Wildman–Crippen MR) is 89.7 cm³/mol. The SMILES string of the molecule is O=[N+]([O-])c1cccc(-c2csc3ncnc(NCCCO)c23)c1. The molecule has 23 heavy (non-hydrogen) atoms. The number of benzene rings is 1. The summed E-state index contributed by atoms with van der Waals surface area (Å²) in [6, 6.07) is 6.51. The maximum Gasteiger partial charge on any atom is 0.270 e. The summed E-state index contributed by atoms with van der Waals surface area (Å²) in [6.45, 7) is 0.690. The first kappa shape index (κ1) is 15.3. The second-order valence-electron chi connectivity index (χ2n) is 4.86. The number of hydrogen-bond donors (Lipinski definition) is 2. The van der Waals surface area contributed by atoms with Gasteiger partial charge >= 0.3 is 0 Å². The van der Waals surface area contributed by atoms with E-state index in [2.05, 4.69) is 15.3 Å². The lowest BCUT2D eigenvalue weighted by Crippen LogP contribution is -2.05. The molecule has 0 bridgehead atoms. The third kappa shape index (κ3) is 3.13. The molecule has 7 nitrogen and oxygen atoms in total. The van der Waals surface area contributed by atoms with E-state index in [0.717, 1.165) is 21.3 Å². The van der Waals surface area contributed by atoms with E-state index in [1.807, 2.05) is 11.4 Å². The van der Waals surface area contributed by atoms with Gasteiger partial charge in [0.2, 0.25) is 0 Å². The highest BCUT2D eigenvalue weighted by Gasteiger charge is 2.15. The fraction of sp³-hybridized carbons (Fsp3) is 0.200. The van der Waals surface area contributed by atoms with Crippen molar-refractivity contribution in [2.75, 3.05) is 18.5 Å². The standard InChI is InChI=1S/C15H14N4O3S/c20-6-2-5-16-14-13-12(8-23-15(13)18-9-17-14)10-3-1-4-11(7-10)19(21)22/h1,3-4,7-9,20H,2,5-6H2,(H,16,17,18). The molecule has 0 fully saturated rings. The van der Waals surface area contributed by atoms with Crippen molar-refractivity contribution < 1.29 is 10.0 Å². The summed E-state index contributed by atoms with van der Waals surface area (Å²) in [5, 5.41) is 25.8. The summed E-state index contributed by atoms with van der Waals surface area (Å²) in [7, 11) is 0. The number of aliphatic hydroxyl groups is 1. The maximum absolute atomic E-state index is 11.0. The van der Waals surface area contributed by atoms with Gasteiger partial charge in [0, 0.05) is 36.2 Å². The number of non-ortho nitro benzene ring substituents is 1. The Morgan fingerprint density at radius 2 is 2.22 bits per heavy atom. The van der Waals surface area contributed by atoms with Gasteiger partial charge in [0.25, 0.3) is 5.69 Å². The lowest BCUT2D eigenvalue weighted by Gasteiger charge is -2.07. The van der Waals surface area contributed by atoms with Crippen LogP contribution in [0.5, 0.6) is 0 Å². The van der Waals surface area contributed by atoms with Crippen LogP contribution in [-0.2, 0) is 0 Å². The number of nitro benzene ring substituents is 1. The molecule has 0 saturated heterocycles. The zero-order valence-electron chi connectivity index (χ0n) is 12.1. The van der Waals surface area contributed by atoms with Crippen LogP contribution < -0.4 is 5.32 Å². The van der Waals surface area contributed by atoms with Gasteiger partial charge in [0.05, 0.1) is 10.3 Å². The van der Waals surface area contributed by atoms with Crippen molar-refractivity contribution in [1.29, 1.82) is 0 Å². The smallest absolute Gasteiger partial charge is 0.270 e. The van der Waals surface area contributed by atoms with E-state index < -0.39 is 4.92 Å². The number of anilines is 1. The highest BCUT2D eigenvalue weighted by Crippen LogP contribution is 2.37. The van der Waals surface area contributed by atoms with Crippen molar-refractivity contribution in [1.82, 2.24) is 9.97 Å². The molecule has 2 heterocycles. The molecular weight excluding hydrogens is 316 g/mol. The Labute approximate surface area is 135 Å². The first-order valence-corrected chi connectivity index (χ1v) is 7.90. The van der Waals surface area contributed by atoms with Crippen LogP contribution >= 0.6 is 11.3 Å². The molecule has 2 N–H and O–H groups in total. The summed E-state index contributed by atoms with van der Waals surface area (Å²) in [6.07, 6.45) is 2.10. The maximum atomic E-state index is 11.0. The van der Waals surface area contributed by atoms with Crippen molar-refractivity contribution in [2.24, 2.45) is 0 Å². The van der Waals surface area contributed by atoms with Gasteiger partial charge in [-0.3, -0.25) is 10.1 Å². The Morgan fingerprint density at radius 1 is 1.35 bits per heavy atom. The number of thiophene rings is 1. The van der Waals surface area contributed by atoms with Crippen LogP contribution in [-0.4, -0.2) is 33.1 Å². The number of nitrogens with zero attached hydrogens (tertiary/aromatic N) is 3. The molecule has 3 aromatic rings. The van der Waals surface area contributed by atoms with Crippen molar-refractivity contribution >= 4 is 33.1 Å². The minimum absolute atomic E-state index is 0.0495. The molecule has 0 radical (unpaired) electrons. The first-order chi connectivity index (χ1) is 11.2. The Morgan fingerprint density at radius 3 is 3.00 bits per heavy atom. The molecule has 8 heteroatoms. The second kappa shape index (κ2) is 6.67. The minimum Gasteiger partial charge on any atom is -0.396 e. The van der Waals surface area contributed by atoms with E-state index in [9.17, 15) is 10.1 Å². The monoisotopic (exact) mass is 330 g/mol. The van der Waals surface area contributed by atoms with Gasteiger partial charge in [0.15, 0.2) is 0 Å². The Kier molecular flexibility index (Phi) is 4.45. The quantitative estimate of drug-likeness (QED) is 0.409. The third-order valence-electron chi connectivity index (χ3n) is 3.37. The van der Waals surface area contributed by atoms with Crippen LogP contribution in [0.4, 0.5) is 11.5 Å². The number of hydrogen-bond acceptors (Lipinski definition) is 7. The number of nitro groups is 1. The average Bonchev–Trinajstić information content (AvgIpc) is 3.00. The van der Waals surface area contributed by atoms with E-state index in [-0.39, 0.29) is 12.3 Å². The molecule has 0 saturated carbocycles. The van der Waals surface area contributed by atoms with Crippen LogP contribution in [0.2, 0.25) is 0 Å². The van der Waals surface area contributed by atoms with Crippen molar-refractivity contribution in [3.05, 3.63) is 46.1 Å². The normalized spacial score (nSPS) is 10.8. The lowest BCUT2D eigenvalue weighted by atomic mass is 10.1. The topological polar surface area (TPSA) is 101 Å². The van der Waals surface area contributed by atoms with Crippen LogP contribution in [0.15, 0.2) is 36.0 Å². The van der Waals surface area contributed by atoms with Gasteiger partial charge in [-0.05, 0) is 12.0 Å². The van der Waals surface area contributed by atoms with Crippen molar-refractivity contribution in [3.63, 3.8) is 0 Å². The number of fused-ring (bicyclic) bond motifs is 1. The molecule has 2 aromatic heterocycles. The molecule has 3 rings (SSSR count). The molecule has 0 aliphatic carbocycles. The van der Waals surface area contributed by atoms with Crippen molar-refractivity contribution in [3.8, 4) is 11.1 Å². The van der Waals surface area contributed by atoms with Crippen LogP contribution in [0.1, 0.15) is 6.42 Å². The van der Waals surface area contributed by atoms with Crippen LogP contribution in [0.3, 0.4) is 0 Å². The molecule has 0 atom stereocenters. The number of rotatable bonds is 6. The van der Waals surface area contributed by atoms with E-state index in [1.165, 1.54) is 23.7 Å². The van der Waals surface area contributed by atoms with Crippen molar-refractivity contribution in [2.45, 2.75) is 6.42 Å². The summed E-state index contributed by atoms with van der Waals surface area (Å²) >= 11 is 1.47. The van der Waals surface area contributed by atoms with Crippen LogP contribution in [0, 0.1) is 10.1 Å². The molecular formula is C15H14N4O3S. The largest absolute Gasteiger partial charge is 0.396 e. The summed E-state index contributed by atoms with van der Waals surface area (Å²) in [5.74, 6) is 0.672. The van der Waals surface area contributed by atoms with E-state index >= 15 is 0 Å². The van der Waals surface area contributed by atoms with E-state index in [0.29, 0.717) is 18.8 Å². The number of aliphatic hydroxyl groups excluding tert-OH is 1. The Hall–Kier alpha value is -2.58. The second-order valence-corrected chi connectivity index (χ2v) is 5.72. The molecule has 118 valence electrons. The lowest BCUT2D eigenvalue weighted by molar-refractivity contribution is -0.384. The summed E-state index contributed by atoms with van der Waals surface area (Å²) in [5.41, 5.74) is 1.67. The zero-order chi connectivity index (χ0) is 16.2. The van der Waals surface area contributed by atoms with Gasteiger partial charge in [0.1, 0.15) is 17.0 Å². The van der Waals surface area contributed by atoms with E-state index in [4.69, 9.17) is 5.11 Å².